The molecule has 2 rings (SSSR count). The first-order valence-electron chi connectivity index (χ1n) is 7.32. The zero-order chi connectivity index (χ0) is 13.5. The number of benzene rings is 1. The lowest BCUT2D eigenvalue weighted by atomic mass is 9.94. The van der Waals surface area contributed by atoms with Gasteiger partial charge in [0.15, 0.2) is 0 Å². The Bertz CT molecular complexity index is 409. The molecule has 0 saturated heterocycles. The molecule has 0 saturated carbocycles. The number of hydrogen-bond acceptors (Lipinski definition) is 2. The van der Waals surface area contributed by atoms with Crippen molar-refractivity contribution in [2.24, 2.45) is 5.92 Å². The summed E-state index contributed by atoms with van der Waals surface area (Å²) in [5, 5.41) is 3.60. The summed E-state index contributed by atoms with van der Waals surface area (Å²) >= 11 is 0. The van der Waals surface area contributed by atoms with Crippen molar-refractivity contribution in [2.45, 2.75) is 32.4 Å². The van der Waals surface area contributed by atoms with E-state index in [0.29, 0.717) is 0 Å². The highest BCUT2D eigenvalue weighted by Gasteiger charge is 2.08. The number of rotatable bonds is 6. The lowest BCUT2D eigenvalue weighted by Gasteiger charge is -2.18. The zero-order valence-electron chi connectivity index (χ0n) is 12.2. The third kappa shape index (κ3) is 5.17. The van der Waals surface area contributed by atoms with Crippen LogP contribution < -0.4 is 5.32 Å². The predicted octanol–water partition coefficient (Wildman–Crippen LogP) is 3.19. The molecule has 1 unspecified atom stereocenters. The van der Waals surface area contributed by atoms with E-state index in [2.05, 4.69) is 60.7 Å². The van der Waals surface area contributed by atoms with E-state index in [1.807, 2.05) is 0 Å². The van der Waals surface area contributed by atoms with Crippen LogP contribution in [0.2, 0.25) is 0 Å². The van der Waals surface area contributed by atoms with Crippen molar-refractivity contribution in [1.82, 2.24) is 10.2 Å². The first-order valence-corrected chi connectivity index (χ1v) is 7.32. The van der Waals surface area contributed by atoms with Crippen molar-refractivity contribution in [2.75, 3.05) is 20.6 Å². The Labute approximate surface area is 117 Å². The topological polar surface area (TPSA) is 15.3 Å². The van der Waals surface area contributed by atoms with Gasteiger partial charge in [0, 0.05) is 13.1 Å². The number of nitrogens with one attached hydrogen (secondary N) is 1. The molecule has 1 N–H and O–H groups in total. The molecule has 1 aliphatic rings. The van der Waals surface area contributed by atoms with Gasteiger partial charge in [0.2, 0.25) is 0 Å². The number of hydrogen-bond donors (Lipinski definition) is 1. The van der Waals surface area contributed by atoms with Crippen LogP contribution in [0.25, 0.3) is 0 Å². The summed E-state index contributed by atoms with van der Waals surface area (Å²) in [5.74, 6) is 0.829. The highest BCUT2D eigenvalue weighted by molar-refractivity contribution is 5.23. The summed E-state index contributed by atoms with van der Waals surface area (Å²) in [6.45, 7) is 3.14. The largest absolute Gasteiger partial charge is 0.312 e. The average Bonchev–Trinajstić information content (AvgIpc) is 2.40. The maximum Gasteiger partial charge on any atom is 0.0227 e. The van der Waals surface area contributed by atoms with E-state index in [9.17, 15) is 0 Å². The Morgan fingerprint density at radius 1 is 1.21 bits per heavy atom. The Morgan fingerprint density at radius 3 is 2.79 bits per heavy atom. The van der Waals surface area contributed by atoms with E-state index >= 15 is 0 Å². The van der Waals surface area contributed by atoms with Crippen LogP contribution in [-0.4, -0.2) is 25.5 Å². The molecule has 2 nitrogen and oxygen atoms in total. The van der Waals surface area contributed by atoms with Gasteiger partial charge in [-0.05, 0) is 56.9 Å². The van der Waals surface area contributed by atoms with Crippen LogP contribution in [0.4, 0.5) is 0 Å². The number of nitrogens with zero attached hydrogens (tertiary/aromatic N) is 1. The minimum absolute atomic E-state index is 0.829. The van der Waals surface area contributed by atoms with Crippen molar-refractivity contribution in [3.63, 3.8) is 0 Å². The van der Waals surface area contributed by atoms with Crippen molar-refractivity contribution in [3.8, 4) is 0 Å². The smallest absolute Gasteiger partial charge is 0.0227 e. The van der Waals surface area contributed by atoms with Gasteiger partial charge in [0.1, 0.15) is 0 Å². The molecule has 1 aromatic rings. The summed E-state index contributed by atoms with van der Waals surface area (Å²) in [7, 11) is 4.23. The van der Waals surface area contributed by atoms with E-state index in [0.717, 1.165) is 25.6 Å². The van der Waals surface area contributed by atoms with Gasteiger partial charge in [0.05, 0.1) is 0 Å². The van der Waals surface area contributed by atoms with E-state index < -0.39 is 0 Å². The van der Waals surface area contributed by atoms with Crippen LogP contribution >= 0.6 is 0 Å². The van der Waals surface area contributed by atoms with Crippen molar-refractivity contribution in [3.05, 3.63) is 47.5 Å². The second kappa shape index (κ2) is 7.46. The molecule has 2 heteroatoms. The average molecular weight is 258 g/mol. The lowest BCUT2D eigenvalue weighted by Crippen LogP contribution is -2.23. The summed E-state index contributed by atoms with van der Waals surface area (Å²) in [5.41, 5.74) is 2.79. The molecule has 1 aliphatic carbocycles. The van der Waals surface area contributed by atoms with Gasteiger partial charge >= 0.3 is 0 Å². The summed E-state index contributed by atoms with van der Waals surface area (Å²) in [6.07, 6.45) is 8.47. The fraction of sp³-hybridized carbons (Fsp3) is 0.529. The summed E-state index contributed by atoms with van der Waals surface area (Å²) < 4.78 is 0. The molecular formula is C17H26N2. The molecular weight excluding hydrogens is 232 g/mol. The van der Waals surface area contributed by atoms with Crippen molar-refractivity contribution < 1.29 is 0 Å². The molecule has 0 radical (unpaired) electrons. The molecule has 0 aliphatic heterocycles. The fourth-order valence-electron chi connectivity index (χ4n) is 2.67. The maximum atomic E-state index is 3.60. The molecule has 0 bridgehead atoms. The van der Waals surface area contributed by atoms with Crippen molar-refractivity contribution in [1.29, 1.82) is 0 Å². The molecule has 0 heterocycles. The number of allylic oxidation sites excluding steroid dienone is 2. The van der Waals surface area contributed by atoms with E-state index in [1.165, 1.54) is 30.4 Å². The monoisotopic (exact) mass is 258 g/mol. The molecule has 1 aromatic carbocycles. The van der Waals surface area contributed by atoms with E-state index in [4.69, 9.17) is 0 Å². The predicted molar refractivity (Wildman–Crippen MR) is 82.0 cm³/mol. The highest BCUT2D eigenvalue weighted by Crippen LogP contribution is 2.17. The first kappa shape index (κ1) is 14.3. The maximum absolute atomic E-state index is 3.60. The lowest BCUT2D eigenvalue weighted by molar-refractivity contribution is 0.402. The second-order valence-electron chi connectivity index (χ2n) is 5.84. The minimum atomic E-state index is 0.829. The van der Waals surface area contributed by atoms with Crippen LogP contribution in [0.1, 0.15) is 30.4 Å². The van der Waals surface area contributed by atoms with Crippen LogP contribution in [0.3, 0.4) is 0 Å². The Kier molecular flexibility index (Phi) is 5.62. The van der Waals surface area contributed by atoms with Gasteiger partial charge in [0.25, 0.3) is 0 Å². The molecule has 104 valence electrons. The molecule has 0 aromatic heterocycles. The van der Waals surface area contributed by atoms with Gasteiger partial charge in [-0.15, -0.1) is 0 Å². The van der Waals surface area contributed by atoms with Gasteiger partial charge in [-0.25, -0.2) is 0 Å². The van der Waals surface area contributed by atoms with Gasteiger partial charge in [-0.3, -0.25) is 0 Å². The Hall–Kier alpha value is -1.12. The quantitative estimate of drug-likeness (QED) is 0.788. The Balaban J connectivity index is 1.77. The van der Waals surface area contributed by atoms with E-state index in [1.54, 1.807) is 0 Å². The van der Waals surface area contributed by atoms with Crippen LogP contribution in [0.5, 0.6) is 0 Å². The van der Waals surface area contributed by atoms with Crippen LogP contribution in [0, 0.1) is 5.92 Å². The third-order valence-electron chi connectivity index (χ3n) is 3.63. The zero-order valence-corrected chi connectivity index (χ0v) is 12.2. The molecule has 1 atom stereocenters. The summed E-state index contributed by atoms with van der Waals surface area (Å²) in [4.78, 5) is 2.21. The molecule has 0 amide bonds. The highest BCUT2D eigenvalue weighted by atomic mass is 15.0. The standard InChI is InChI=1S/C17H26N2/c1-19(2)14-17-10-6-9-16(11-17)13-18-12-15-7-4-3-5-8-15/h3-4,6,9-11,15,18H,5,7-8,12-14H2,1-2H3. The fourth-order valence-corrected chi connectivity index (χ4v) is 2.67. The van der Waals surface area contributed by atoms with Gasteiger partial charge in [-0.2, -0.15) is 0 Å². The molecule has 19 heavy (non-hydrogen) atoms. The Morgan fingerprint density at radius 2 is 2.05 bits per heavy atom. The van der Waals surface area contributed by atoms with Gasteiger partial charge in [-0.1, -0.05) is 36.4 Å². The van der Waals surface area contributed by atoms with E-state index in [-0.39, 0.29) is 0 Å². The minimum Gasteiger partial charge on any atom is -0.312 e. The molecule has 0 fully saturated rings. The van der Waals surface area contributed by atoms with Gasteiger partial charge < -0.3 is 10.2 Å². The first-order chi connectivity index (χ1) is 9.24. The van der Waals surface area contributed by atoms with Crippen molar-refractivity contribution >= 4 is 0 Å². The summed E-state index contributed by atoms with van der Waals surface area (Å²) in [6, 6.07) is 8.90. The SMILES string of the molecule is CN(C)Cc1cccc(CNCC2CC=CCC2)c1. The third-order valence-corrected chi connectivity index (χ3v) is 3.63. The van der Waals surface area contributed by atoms with Crippen LogP contribution in [-0.2, 0) is 13.1 Å². The second-order valence-corrected chi connectivity index (χ2v) is 5.84. The molecule has 0 spiro atoms. The van der Waals surface area contributed by atoms with Crippen LogP contribution in [0.15, 0.2) is 36.4 Å². The normalized spacial score (nSPS) is 19.0.